The number of amides is 2. The third-order valence-corrected chi connectivity index (χ3v) is 6.66. The van der Waals surface area contributed by atoms with Crippen LogP contribution in [0.1, 0.15) is 34.3 Å². The third-order valence-electron chi connectivity index (χ3n) is 6.01. The Labute approximate surface area is 221 Å². The van der Waals surface area contributed by atoms with Gasteiger partial charge in [-0.1, -0.05) is 42.5 Å². The van der Waals surface area contributed by atoms with Crippen LogP contribution in [0.25, 0.3) is 11.1 Å². The van der Waals surface area contributed by atoms with Crippen LogP contribution in [-0.4, -0.2) is 48.1 Å². The number of carbonyl (C=O) groups excluding carboxylic acids is 2. The molecule has 0 radical (unpaired) electrons. The molecular weight excluding hydrogens is 488 g/mol. The highest BCUT2D eigenvalue weighted by Gasteiger charge is 2.23. The molecule has 194 valence electrons. The van der Waals surface area contributed by atoms with E-state index in [4.69, 9.17) is 4.74 Å². The number of ether oxygens (including phenoxy) is 1. The molecule has 0 aliphatic rings. The average molecular weight is 521 g/mol. The summed E-state index contributed by atoms with van der Waals surface area (Å²) in [7, 11) is 1.60. The molecule has 7 nitrogen and oxygen atoms in total. The highest BCUT2D eigenvalue weighted by molar-refractivity contribution is 7.98. The monoisotopic (exact) mass is 520 g/mol. The second kappa shape index (κ2) is 13.5. The maximum atomic E-state index is 13.2. The Hall–Kier alpha value is -3.78. The molecule has 0 aromatic heterocycles. The molecule has 0 heterocycles. The average Bonchev–Trinajstić information content (AvgIpc) is 2.90. The summed E-state index contributed by atoms with van der Waals surface area (Å²) < 4.78 is 5.36. The molecule has 0 aliphatic heterocycles. The largest absolute Gasteiger partial charge is 0.496 e. The summed E-state index contributed by atoms with van der Waals surface area (Å²) in [4.78, 5) is 37.6. The van der Waals surface area contributed by atoms with Crippen molar-refractivity contribution < 1.29 is 24.2 Å². The number of rotatable bonds is 12. The summed E-state index contributed by atoms with van der Waals surface area (Å²) in [6.45, 7) is 1.94. The first-order valence-corrected chi connectivity index (χ1v) is 13.4. The van der Waals surface area contributed by atoms with E-state index in [2.05, 4.69) is 10.6 Å². The Bertz CT molecular complexity index is 1260. The Morgan fingerprint density at radius 3 is 2.43 bits per heavy atom. The van der Waals surface area contributed by atoms with Crippen LogP contribution in [0.2, 0.25) is 0 Å². The van der Waals surface area contributed by atoms with Gasteiger partial charge in [0, 0.05) is 17.7 Å². The molecule has 1 unspecified atom stereocenters. The van der Waals surface area contributed by atoms with Gasteiger partial charge in [0.2, 0.25) is 5.91 Å². The molecule has 0 bridgehead atoms. The first-order chi connectivity index (χ1) is 17.8. The number of carboxylic acid groups (broad SMARTS) is 1. The summed E-state index contributed by atoms with van der Waals surface area (Å²) >= 11 is 1.52. The highest BCUT2D eigenvalue weighted by atomic mass is 32.2. The summed E-state index contributed by atoms with van der Waals surface area (Å²) in [6, 6.07) is 19.3. The topological polar surface area (TPSA) is 105 Å². The number of aliphatic carboxylic acids is 1. The van der Waals surface area contributed by atoms with Gasteiger partial charge in [0.1, 0.15) is 11.8 Å². The van der Waals surface area contributed by atoms with Gasteiger partial charge in [-0.2, -0.15) is 11.8 Å². The van der Waals surface area contributed by atoms with E-state index in [1.54, 1.807) is 25.3 Å². The van der Waals surface area contributed by atoms with Crippen molar-refractivity contribution in [1.82, 2.24) is 5.32 Å². The van der Waals surface area contributed by atoms with Crippen LogP contribution in [0.5, 0.6) is 5.75 Å². The standard InChI is InChI=1S/C29H32N2O5S/c1-19-8-4-6-10-22(19)24-18-21(30-27(32)15-12-20-9-5-7-11-26(20)36-2)13-14-23(24)28(33)31-25(29(34)35)16-17-37-3/h4-11,13-14,18,25H,12,15-17H2,1-3H3,(H,30,32)(H,31,33)(H,34,35). The molecular formula is C29H32N2O5S. The van der Waals surface area contributed by atoms with Crippen LogP contribution >= 0.6 is 11.8 Å². The van der Waals surface area contributed by atoms with Crippen molar-refractivity contribution in [2.24, 2.45) is 0 Å². The smallest absolute Gasteiger partial charge is 0.326 e. The number of para-hydroxylation sites is 1. The number of carboxylic acids is 1. The number of thioether (sulfide) groups is 1. The number of benzene rings is 3. The van der Waals surface area contributed by atoms with Crippen LogP contribution in [0.15, 0.2) is 66.7 Å². The van der Waals surface area contributed by atoms with Crippen molar-refractivity contribution in [3.8, 4) is 16.9 Å². The first kappa shape index (κ1) is 27.8. The second-order valence-electron chi connectivity index (χ2n) is 8.58. The van der Waals surface area contributed by atoms with Crippen LogP contribution in [0.3, 0.4) is 0 Å². The van der Waals surface area contributed by atoms with Gasteiger partial charge < -0.3 is 20.5 Å². The number of methoxy groups -OCH3 is 1. The summed E-state index contributed by atoms with van der Waals surface area (Å²) in [6.07, 6.45) is 2.99. The predicted octanol–water partition coefficient (Wildman–Crippen LogP) is 5.18. The summed E-state index contributed by atoms with van der Waals surface area (Å²) in [5.41, 5.74) is 4.24. The van der Waals surface area contributed by atoms with Crippen molar-refractivity contribution >= 4 is 35.2 Å². The van der Waals surface area contributed by atoms with Crippen molar-refractivity contribution in [1.29, 1.82) is 0 Å². The Kier molecular flexibility index (Phi) is 10.1. The molecule has 0 aliphatic carbocycles. The molecule has 0 fully saturated rings. The fourth-order valence-corrected chi connectivity index (χ4v) is 4.50. The second-order valence-corrected chi connectivity index (χ2v) is 9.57. The number of hydrogen-bond acceptors (Lipinski definition) is 5. The minimum absolute atomic E-state index is 0.165. The molecule has 0 spiro atoms. The molecule has 2 amide bonds. The van der Waals surface area contributed by atoms with Gasteiger partial charge in [-0.25, -0.2) is 4.79 Å². The lowest BCUT2D eigenvalue weighted by atomic mass is 9.94. The number of anilines is 1. The molecule has 3 N–H and O–H groups in total. The van der Waals surface area contributed by atoms with E-state index in [0.717, 1.165) is 22.4 Å². The van der Waals surface area contributed by atoms with Crippen LogP contribution < -0.4 is 15.4 Å². The SMILES string of the molecule is COc1ccccc1CCC(=O)Nc1ccc(C(=O)NC(CCSC)C(=O)O)c(-c2ccccc2C)c1. The first-order valence-electron chi connectivity index (χ1n) is 12.0. The maximum Gasteiger partial charge on any atom is 0.326 e. The minimum atomic E-state index is -1.07. The Balaban J connectivity index is 1.84. The molecule has 3 aromatic carbocycles. The summed E-state index contributed by atoms with van der Waals surface area (Å²) in [5, 5.41) is 15.1. The number of nitrogens with one attached hydrogen (secondary N) is 2. The number of aryl methyl sites for hydroxylation is 2. The van der Waals surface area contributed by atoms with Gasteiger partial charge in [0.05, 0.1) is 7.11 Å². The molecule has 0 saturated heterocycles. The lowest BCUT2D eigenvalue weighted by Crippen LogP contribution is -2.41. The molecule has 37 heavy (non-hydrogen) atoms. The summed E-state index contributed by atoms with van der Waals surface area (Å²) in [5.74, 6) is -0.354. The van der Waals surface area contributed by atoms with E-state index < -0.39 is 17.9 Å². The van der Waals surface area contributed by atoms with Gasteiger partial charge >= 0.3 is 5.97 Å². The molecule has 8 heteroatoms. The van der Waals surface area contributed by atoms with E-state index in [-0.39, 0.29) is 12.3 Å². The Morgan fingerprint density at radius 2 is 1.73 bits per heavy atom. The number of hydrogen-bond donors (Lipinski definition) is 3. The van der Waals surface area contributed by atoms with E-state index >= 15 is 0 Å². The highest BCUT2D eigenvalue weighted by Crippen LogP contribution is 2.30. The van der Waals surface area contributed by atoms with Crippen LogP contribution in [0, 0.1) is 6.92 Å². The van der Waals surface area contributed by atoms with E-state index in [1.807, 2.05) is 61.7 Å². The van der Waals surface area contributed by atoms with E-state index in [9.17, 15) is 19.5 Å². The Morgan fingerprint density at radius 1 is 1.00 bits per heavy atom. The maximum absolute atomic E-state index is 13.2. The fourth-order valence-electron chi connectivity index (χ4n) is 4.03. The van der Waals surface area contributed by atoms with E-state index in [0.29, 0.717) is 35.4 Å². The molecule has 1 atom stereocenters. The van der Waals surface area contributed by atoms with Gasteiger partial charge in [0.25, 0.3) is 5.91 Å². The van der Waals surface area contributed by atoms with Crippen molar-refractivity contribution in [2.45, 2.75) is 32.2 Å². The zero-order valence-electron chi connectivity index (χ0n) is 21.2. The molecule has 0 saturated carbocycles. The molecule has 3 rings (SSSR count). The van der Waals surface area contributed by atoms with Crippen LogP contribution in [-0.2, 0) is 16.0 Å². The van der Waals surface area contributed by atoms with Gasteiger partial charge in [-0.15, -0.1) is 0 Å². The zero-order chi connectivity index (χ0) is 26.8. The number of carbonyl (C=O) groups is 3. The lowest BCUT2D eigenvalue weighted by Gasteiger charge is -2.18. The predicted molar refractivity (Wildman–Crippen MR) is 148 cm³/mol. The minimum Gasteiger partial charge on any atom is -0.496 e. The zero-order valence-corrected chi connectivity index (χ0v) is 22.1. The van der Waals surface area contributed by atoms with Crippen LogP contribution in [0.4, 0.5) is 5.69 Å². The van der Waals surface area contributed by atoms with Gasteiger partial charge in [0.15, 0.2) is 0 Å². The third kappa shape index (κ3) is 7.60. The quantitative estimate of drug-likeness (QED) is 0.304. The molecule has 3 aromatic rings. The van der Waals surface area contributed by atoms with Crippen molar-refractivity contribution in [2.75, 3.05) is 24.4 Å². The van der Waals surface area contributed by atoms with E-state index in [1.165, 1.54) is 11.8 Å². The van der Waals surface area contributed by atoms with Gasteiger partial charge in [-0.05, 0) is 78.3 Å². The van der Waals surface area contributed by atoms with Crippen molar-refractivity contribution in [3.05, 3.63) is 83.4 Å². The van der Waals surface area contributed by atoms with Crippen molar-refractivity contribution in [3.63, 3.8) is 0 Å². The lowest BCUT2D eigenvalue weighted by molar-refractivity contribution is -0.139. The fraction of sp³-hybridized carbons (Fsp3) is 0.276. The van der Waals surface area contributed by atoms with Gasteiger partial charge in [-0.3, -0.25) is 9.59 Å². The normalized spacial score (nSPS) is 11.4.